The zero-order valence-electron chi connectivity index (χ0n) is 8.31. The van der Waals surface area contributed by atoms with Gasteiger partial charge in [0.1, 0.15) is 5.82 Å². The molecular formula is C11H11BrFNO. The van der Waals surface area contributed by atoms with Crippen molar-refractivity contribution in [2.45, 2.75) is 25.8 Å². The molecular weight excluding hydrogens is 261 g/mol. The van der Waals surface area contributed by atoms with E-state index in [1.165, 1.54) is 6.07 Å². The molecule has 0 atom stereocenters. The molecule has 1 N–H and O–H groups in total. The van der Waals surface area contributed by atoms with E-state index in [-0.39, 0.29) is 5.91 Å². The number of nitrogens with one attached hydrogen (secondary N) is 1. The Balaban J connectivity index is 2.25. The van der Waals surface area contributed by atoms with Gasteiger partial charge in [-0.05, 0) is 53.4 Å². The summed E-state index contributed by atoms with van der Waals surface area (Å²) in [7, 11) is 0. The molecule has 1 saturated carbocycles. The van der Waals surface area contributed by atoms with E-state index in [1.54, 1.807) is 13.0 Å². The van der Waals surface area contributed by atoms with Gasteiger partial charge in [0.25, 0.3) is 5.91 Å². The Hall–Kier alpha value is -0.900. The fourth-order valence-electron chi connectivity index (χ4n) is 1.38. The second kappa shape index (κ2) is 3.93. The minimum Gasteiger partial charge on any atom is -0.349 e. The molecule has 1 fully saturated rings. The Bertz CT molecular complexity index is 415. The number of rotatable bonds is 2. The molecule has 2 nitrogen and oxygen atoms in total. The molecule has 0 spiro atoms. The van der Waals surface area contributed by atoms with Crippen LogP contribution in [0, 0.1) is 12.7 Å². The van der Waals surface area contributed by atoms with Gasteiger partial charge in [0, 0.05) is 11.6 Å². The molecule has 80 valence electrons. The van der Waals surface area contributed by atoms with Crippen molar-refractivity contribution in [1.82, 2.24) is 5.32 Å². The number of hydrogen-bond donors (Lipinski definition) is 1. The smallest absolute Gasteiger partial charge is 0.251 e. The topological polar surface area (TPSA) is 29.1 Å². The van der Waals surface area contributed by atoms with Crippen molar-refractivity contribution in [3.05, 3.63) is 33.5 Å². The lowest BCUT2D eigenvalue weighted by Crippen LogP contribution is -2.26. The zero-order valence-corrected chi connectivity index (χ0v) is 9.90. The van der Waals surface area contributed by atoms with Gasteiger partial charge in [-0.15, -0.1) is 0 Å². The van der Waals surface area contributed by atoms with Crippen molar-refractivity contribution in [1.29, 1.82) is 0 Å². The Labute approximate surface area is 96.0 Å². The number of benzene rings is 1. The maximum atomic E-state index is 13.2. The molecule has 2 rings (SSSR count). The first-order chi connectivity index (χ1) is 7.08. The SMILES string of the molecule is Cc1cc(Br)c(F)cc1C(=O)NC1CC1. The molecule has 0 unspecified atom stereocenters. The number of aryl methyl sites for hydroxylation is 1. The van der Waals surface area contributed by atoms with Crippen molar-refractivity contribution in [3.8, 4) is 0 Å². The van der Waals surface area contributed by atoms with E-state index in [0.29, 0.717) is 16.1 Å². The first-order valence-electron chi connectivity index (χ1n) is 4.84. The van der Waals surface area contributed by atoms with Gasteiger partial charge >= 0.3 is 0 Å². The quantitative estimate of drug-likeness (QED) is 0.881. The Morgan fingerprint density at radius 1 is 1.53 bits per heavy atom. The van der Waals surface area contributed by atoms with Crippen LogP contribution in [0.4, 0.5) is 4.39 Å². The van der Waals surface area contributed by atoms with Crippen LogP contribution in [0.15, 0.2) is 16.6 Å². The molecule has 0 aliphatic heterocycles. The molecule has 0 radical (unpaired) electrons. The molecule has 0 aromatic heterocycles. The summed E-state index contributed by atoms with van der Waals surface area (Å²) in [5, 5.41) is 2.84. The average Bonchev–Trinajstić information content (AvgIpc) is 2.95. The molecule has 1 aliphatic carbocycles. The summed E-state index contributed by atoms with van der Waals surface area (Å²) in [4.78, 5) is 11.7. The van der Waals surface area contributed by atoms with Gasteiger partial charge in [-0.25, -0.2) is 4.39 Å². The van der Waals surface area contributed by atoms with E-state index in [9.17, 15) is 9.18 Å². The number of carbonyl (C=O) groups is 1. The molecule has 1 amide bonds. The number of amides is 1. The average molecular weight is 272 g/mol. The summed E-state index contributed by atoms with van der Waals surface area (Å²) in [6.45, 7) is 1.80. The van der Waals surface area contributed by atoms with Crippen LogP contribution in [0.2, 0.25) is 0 Å². The van der Waals surface area contributed by atoms with Gasteiger partial charge in [-0.1, -0.05) is 0 Å². The van der Waals surface area contributed by atoms with E-state index in [1.807, 2.05) is 0 Å². The van der Waals surface area contributed by atoms with Gasteiger partial charge in [0.2, 0.25) is 0 Å². The monoisotopic (exact) mass is 271 g/mol. The lowest BCUT2D eigenvalue weighted by molar-refractivity contribution is 0.0950. The van der Waals surface area contributed by atoms with Gasteiger partial charge in [-0.2, -0.15) is 0 Å². The van der Waals surface area contributed by atoms with E-state index < -0.39 is 5.82 Å². The van der Waals surface area contributed by atoms with Gasteiger partial charge in [-0.3, -0.25) is 4.79 Å². The summed E-state index contributed by atoms with van der Waals surface area (Å²) >= 11 is 3.09. The Morgan fingerprint density at radius 2 is 2.20 bits per heavy atom. The molecule has 0 bridgehead atoms. The van der Waals surface area contributed by atoms with Crippen LogP contribution in [-0.2, 0) is 0 Å². The van der Waals surface area contributed by atoms with Crippen LogP contribution >= 0.6 is 15.9 Å². The minimum absolute atomic E-state index is 0.179. The third-order valence-corrected chi connectivity index (χ3v) is 3.03. The Kier molecular flexibility index (Phi) is 2.78. The highest BCUT2D eigenvalue weighted by atomic mass is 79.9. The highest BCUT2D eigenvalue weighted by Gasteiger charge is 2.24. The summed E-state index contributed by atoms with van der Waals surface area (Å²) in [6, 6.07) is 3.19. The van der Waals surface area contributed by atoms with Crippen LogP contribution in [0.25, 0.3) is 0 Å². The van der Waals surface area contributed by atoms with Gasteiger partial charge in [0.05, 0.1) is 4.47 Å². The maximum absolute atomic E-state index is 13.2. The van der Waals surface area contributed by atoms with Crippen LogP contribution in [0.1, 0.15) is 28.8 Å². The normalized spacial score (nSPS) is 15.1. The Morgan fingerprint density at radius 3 is 2.80 bits per heavy atom. The van der Waals surface area contributed by atoms with Crippen molar-refractivity contribution in [2.24, 2.45) is 0 Å². The zero-order chi connectivity index (χ0) is 11.0. The molecule has 4 heteroatoms. The first-order valence-corrected chi connectivity index (χ1v) is 5.63. The van der Waals surface area contributed by atoms with E-state index >= 15 is 0 Å². The number of carbonyl (C=O) groups excluding carboxylic acids is 1. The van der Waals surface area contributed by atoms with E-state index in [0.717, 1.165) is 18.4 Å². The van der Waals surface area contributed by atoms with Crippen molar-refractivity contribution >= 4 is 21.8 Å². The number of hydrogen-bond acceptors (Lipinski definition) is 1. The van der Waals surface area contributed by atoms with Crippen LogP contribution in [0.5, 0.6) is 0 Å². The summed E-state index contributed by atoms with van der Waals surface area (Å²) in [6.07, 6.45) is 2.06. The third kappa shape index (κ3) is 2.37. The van der Waals surface area contributed by atoms with Gasteiger partial charge < -0.3 is 5.32 Å². The van der Waals surface area contributed by atoms with Crippen LogP contribution in [0.3, 0.4) is 0 Å². The molecule has 15 heavy (non-hydrogen) atoms. The third-order valence-electron chi connectivity index (χ3n) is 2.42. The number of halogens is 2. The van der Waals surface area contributed by atoms with Crippen LogP contribution in [-0.4, -0.2) is 11.9 Å². The summed E-state index contributed by atoms with van der Waals surface area (Å²) in [5.41, 5.74) is 1.20. The molecule has 1 aromatic rings. The second-order valence-corrected chi connectivity index (χ2v) is 4.68. The van der Waals surface area contributed by atoms with Gasteiger partial charge in [0.15, 0.2) is 0 Å². The lowest BCUT2D eigenvalue weighted by atomic mass is 10.1. The van der Waals surface area contributed by atoms with Crippen molar-refractivity contribution in [3.63, 3.8) is 0 Å². The molecule has 1 aliphatic rings. The van der Waals surface area contributed by atoms with E-state index in [4.69, 9.17) is 0 Å². The maximum Gasteiger partial charge on any atom is 0.251 e. The lowest BCUT2D eigenvalue weighted by Gasteiger charge is -2.07. The summed E-state index contributed by atoms with van der Waals surface area (Å²) in [5.74, 6) is -0.581. The fourth-order valence-corrected chi connectivity index (χ4v) is 1.84. The van der Waals surface area contributed by atoms with Crippen molar-refractivity contribution in [2.75, 3.05) is 0 Å². The first kappa shape index (κ1) is 10.6. The van der Waals surface area contributed by atoms with E-state index in [2.05, 4.69) is 21.2 Å². The minimum atomic E-state index is -0.401. The molecule has 1 aromatic carbocycles. The molecule has 0 heterocycles. The molecule has 0 saturated heterocycles. The fraction of sp³-hybridized carbons (Fsp3) is 0.364. The summed E-state index contributed by atoms with van der Waals surface area (Å²) < 4.78 is 13.6. The highest BCUT2D eigenvalue weighted by molar-refractivity contribution is 9.10. The predicted molar refractivity (Wildman–Crippen MR) is 59.3 cm³/mol. The predicted octanol–water partition coefficient (Wildman–Crippen LogP) is 2.79. The largest absolute Gasteiger partial charge is 0.349 e. The second-order valence-electron chi connectivity index (χ2n) is 3.83. The van der Waals surface area contributed by atoms with Crippen LogP contribution < -0.4 is 5.32 Å². The van der Waals surface area contributed by atoms with Crippen molar-refractivity contribution < 1.29 is 9.18 Å². The highest BCUT2D eigenvalue weighted by Crippen LogP contribution is 2.23. The standard InChI is InChI=1S/C11H11BrFNO/c1-6-4-9(12)10(13)5-8(6)11(15)14-7-2-3-7/h4-5,7H,2-3H2,1H3,(H,14,15).